The predicted molar refractivity (Wildman–Crippen MR) is 125 cm³/mol. The van der Waals surface area contributed by atoms with E-state index in [1.54, 1.807) is 17.4 Å². The number of methoxy groups -OCH3 is 1. The summed E-state index contributed by atoms with van der Waals surface area (Å²) in [6.45, 7) is 1.91. The van der Waals surface area contributed by atoms with Gasteiger partial charge in [0, 0.05) is 16.3 Å². The molecule has 0 aliphatic rings. The van der Waals surface area contributed by atoms with E-state index in [2.05, 4.69) is 15.6 Å². The summed E-state index contributed by atoms with van der Waals surface area (Å²) in [5, 5.41) is 6.77. The van der Waals surface area contributed by atoms with Crippen LogP contribution < -0.4 is 10.6 Å². The van der Waals surface area contributed by atoms with E-state index in [4.69, 9.17) is 16.3 Å². The smallest absolute Gasteiger partial charge is 0.339 e. The van der Waals surface area contributed by atoms with Crippen LogP contribution in [0.1, 0.15) is 15.9 Å². The van der Waals surface area contributed by atoms with E-state index in [1.165, 1.54) is 19.2 Å². The Balaban J connectivity index is 1.53. The molecule has 3 aromatic carbocycles. The lowest BCUT2D eigenvalue weighted by Crippen LogP contribution is -2.21. The molecule has 156 valence electrons. The van der Waals surface area contributed by atoms with Crippen molar-refractivity contribution in [2.75, 3.05) is 17.7 Å². The van der Waals surface area contributed by atoms with Crippen LogP contribution in [0.4, 0.5) is 16.2 Å². The largest absolute Gasteiger partial charge is 0.465 e. The van der Waals surface area contributed by atoms with Crippen molar-refractivity contribution in [3.05, 3.63) is 76.8 Å². The van der Waals surface area contributed by atoms with Crippen LogP contribution in [0.3, 0.4) is 0 Å². The first kappa shape index (κ1) is 20.8. The number of nitrogens with zero attached hydrogens (tertiary/aromatic N) is 1. The number of anilines is 2. The highest BCUT2D eigenvalue weighted by molar-refractivity contribution is 7.21. The molecule has 0 saturated carbocycles. The molecule has 0 unspecified atom stereocenters. The third kappa shape index (κ3) is 4.52. The number of nitrogens with one attached hydrogen (secondary N) is 2. The number of hydrogen-bond acceptors (Lipinski definition) is 5. The fourth-order valence-corrected chi connectivity index (χ4v) is 4.25. The average Bonchev–Trinajstić information content (AvgIpc) is 3.19. The van der Waals surface area contributed by atoms with Crippen LogP contribution in [0.25, 0.3) is 20.8 Å². The number of esters is 1. The van der Waals surface area contributed by atoms with Gasteiger partial charge in [0.2, 0.25) is 0 Å². The third-order valence-corrected chi connectivity index (χ3v) is 5.97. The Kier molecular flexibility index (Phi) is 5.88. The first-order valence-corrected chi connectivity index (χ1v) is 10.6. The Morgan fingerprint density at radius 3 is 2.52 bits per heavy atom. The van der Waals surface area contributed by atoms with Crippen LogP contribution in [0.2, 0.25) is 5.02 Å². The Labute approximate surface area is 187 Å². The molecule has 4 rings (SSSR count). The molecular formula is C23H18ClN3O3S. The number of hydrogen-bond donors (Lipinski definition) is 2. The summed E-state index contributed by atoms with van der Waals surface area (Å²) in [4.78, 5) is 29.2. The van der Waals surface area contributed by atoms with Crippen molar-refractivity contribution in [1.29, 1.82) is 0 Å². The maximum absolute atomic E-state index is 12.6. The second-order valence-electron chi connectivity index (χ2n) is 6.78. The first-order chi connectivity index (χ1) is 14.9. The standard InChI is InChI=1S/C23H18ClN3O3S/c1-13-11-14(21-25-18-5-3-4-6-20(18)31-21)7-10-17(13)26-23(29)27-19-12-15(24)8-9-16(19)22(28)30-2/h3-12H,1-2H3,(H2,26,27,29). The van der Waals surface area contributed by atoms with Gasteiger partial charge in [0.05, 0.1) is 28.6 Å². The van der Waals surface area contributed by atoms with Gasteiger partial charge in [-0.3, -0.25) is 0 Å². The van der Waals surface area contributed by atoms with E-state index < -0.39 is 12.0 Å². The van der Waals surface area contributed by atoms with E-state index in [9.17, 15) is 9.59 Å². The van der Waals surface area contributed by atoms with Crippen molar-refractivity contribution in [1.82, 2.24) is 4.98 Å². The fraction of sp³-hybridized carbons (Fsp3) is 0.0870. The molecule has 2 N–H and O–H groups in total. The van der Waals surface area contributed by atoms with E-state index in [0.717, 1.165) is 26.4 Å². The monoisotopic (exact) mass is 451 g/mol. The maximum atomic E-state index is 12.6. The summed E-state index contributed by atoms with van der Waals surface area (Å²) in [7, 11) is 1.27. The van der Waals surface area contributed by atoms with Gasteiger partial charge in [0.1, 0.15) is 5.01 Å². The van der Waals surface area contributed by atoms with Gasteiger partial charge in [-0.05, 0) is 61.0 Å². The lowest BCUT2D eigenvalue weighted by atomic mass is 10.1. The molecule has 0 fully saturated rings. The van der Waals surface area contributed by atoms with Crippen molar-refractivity contribution < 1.29 is 14.3 Å². The minimum atomic E-state index is -0.566. The van der Waals surface area contributed by atoms with Crippen molar-refractivity contribution in [3.8, 4) is 10.6 Å². The van der Waals surface area contributed by atoms with Crippen molar-refractivity contribution >= 4 is 56.5 Å². The van der Waals surface area contributed by atoms with Gasteiger partial charge in [-0.15, -0.1) is 11.3 Å². The van der Waals surface area contributed by atoms with Crippen LogP contribution in [0.15, 0.2) is 60.7 Å². The summed E-state index contributed by atoms with van der Waals surface area (Å²) in [6.07, 6.45) is 0. The summed E-state index contributed by atoms with van der Waals surface area (Å²) in [5.74, 6) is -0.566. The van der Waals surface area contributed by atoms with E-state index in [-0.39, 0.29) is 11.3 Å². The van der Waals surface area contributed by atoms with E-state index >= 15 is 0 Å². The number of para-hydroxylation sites is 1. The molecule has 8 heteroatoms. The quantitative estimate of drug-likeness (QED) is 0.354. The minimum absolute atomic E-state index is 0.213. The van der Waals surface area contributed by atoms with Gasteiger partial charge < -0.3 is 15.4 Å². The zero-order valence-corrected chi connectivity index (χ0v) is 18.3. The highest BCUT2D eigenvalue weighted by Gasteiger charge is 2.15. The van der Waals surface area contributed by atoms with Gasteiger partial charge >= 0.3 is 12.0 Å². The molecule has 1 aromatic heterocycles. The molecule has 0 saturated heterocycles. The highest BCUT2D eigenvalue weighted by atomic mass is 35.5. The third-order valence-electron chi connectivity index (χ3n) is 4.65. The number of halogens is 1. The summed E-state index contributed by atoms with van der Waals surface area (Å²) in [5.41, 5.74) is 3.94. The van der Waals surface area contributed by atoms with Gasteiger partial charge in [-0.1, -0.05) is 23.7 Å². The molecule has 0 aliphatic heterocycles. The number of fused-ring (bicyclic) bond motifs is 1. The SMILES string of the molecule is COC(=O)c1ccc(Cl)cc1NC(=O)Nc1ccc(-c2nc3ccccc3s2)cc1C. The lowest BCUT2D eigenvalue weighted by molar-refractivity contribution is 0.0602. The molecular weight excluding hydrogens is 434 g/mol. The van der Waals surface area contributed by atoms with Crippen LogP contribution >= 0.6 is 22.9 Å². The van der Waals surface area contributed by atoms with Gasteiger partial charge in [-0.25, -0.2) is 14.6 Å². The molecule has 1 heterocycles. The second-order valence-corrected chi connectivity index (χ2v) is 8.24. The van der Waals surface area contributed by atoms with Crippen LogP contribution in [-0.2, 0) is 4.74 Å². The Morgan fingerprint density at radius 1 is 1.00 bits per heavy atom. The summed E-state index contributed by atoms with van der Waals surface area (Å²) in [6, 6.07) is 17.8. The predicted octanol–water partition coefficient (Wildman–Crippen LogP) is 6.36. The number of carbonyl (C=O) groups excluding carboxylic acids is 2. The molecule has 0 spiro atoms. The van der Waals surface area contributed by atoms with Gasteiger partial charge in [0.15, 0.2) is 0 Å². The number of benzene rings is 3. The highest BCUT2D eigenvalue weighted by Crippen LogP contribution is 2.32. The molecule has 0 atom stereocenters. The number of aryl methyl sites for hydroxylation is 1. The zero-order chi connectivity index (χ0) is 22.0. The number of carbonyl (C=O) groups is 2. The zero-order valence-electron chi connectivity index (χ0n) is 16.7. The number of rotatable bonds is 4. The molecule has 4 aromatic rings. The minimum Gasteiger partial charge on any atom is -0.465 e. The van der Waals surface area contributed by atoms with Crippen LogP contribution in [0, 0.1) is 6.92 Å². The molecule has 31 heavy (non-hydrogen) atoms. The van der Waals surface area contributed by atoms with Crippen LogP contribution in [-0.4, -0.2) is 24.1 Å². The number of thiazole rings is 1. The molecule has 2 amide bonds. The van der Waals surface area contributed by atoms with Crippen molar-refractivity contribution in [2.45, 2.75) is 6.92 Å². The van der Waals surface area contributed by atoms with Crippen molar-refractivity contribution in [3.63, 3.8) is 0 Å². The first-order valence-electron chi connectivity index (χ1n) is 9.37. The maximum Gasteiger partial charge on any atom is 0.339 e. The Morgan fingerprint density at radius 2 is 1.77 bits per heavy atom. The van der Waals surface area contributed by atoms with Crippen LogP contribution in [0.5, 0.6) is 0 Å². The average molecular weight is 452 g/mol. The Bertz CT molecular complexity index is 1270. The topological polar surface area (TPSA) is 80.3 Å². The number of ether oxygens (including phenoxy) is 1. The summed E-state index contributed by atoms with van der Waals surface area (Å²) < 4.78 is 5.88. The Hall–Kier alpha value is -3.42. The van der Waals surface area contributed by atoms with Gasteiger partial charge in [-0.2, -0.15) is 0 Å². The second kappa shape index (κ2) is 8.75. The number of urea groups is 1. The number of amides is 2. The van der Waals surface area contributed by atoms with E-state index in [1.807, 2.05) is 49.4 Å². The lowest BCUT2D eigenvalue weighted by Gasteiger charge is -2.13. The normalized spacial score (nSPS) is 10.7. The molecule has 0 radical (unpaired) electrons. The number of aromatic nitrogens is 1. The van der Waals surface area contributed by atoms with E-state index in [0.29, 0.717) is 10.7 Å². The molecule has 0 bridgehead atoms. The van der Waals surface area contributed by atoms with Gasteiger partial charge in [0.25, 0.3) is 0 Å². The molecule has 6 nitrogen and oxygen atoms in total. The molecule has 0 aliphatic carbocycles. The summed E-state index contributed by atoms with van der Waals surface area (Å²) >= 11 is 7.63. The fourth-order valence-electron chi connectivity index (χ4n) is 3.12. The van der Waals surface area contributed by atoms with Crippen molar-refractivity contribution in [2.24, 2.45) is 0 Å².